The lowest BCUT2D eigenvalue weighted by atomic mass is 10.1. The van der Waals surface area contributed by atoms with E-state index in [-0.39, 0.29) is 5.91 Å². The summed E-state index contributed by atoms with van der Waals surface area (Å²) in [7, 11) is 1.59. The Bertz CT molecular complexity index is 695. The molecule has 0 unspecified atom stereocenters. The summed E-state index contributed by atoms with van der Waals surface area (Å²) in [5, 5.41) is 11.8. The molecular weight excluding hydrogens is 296 g/mol. The van der Waals surface area contributed by atoms with Crippen LogP contribution in [0.4, 0.5) is 5.69 Å². The number of carbonyl (C=O) groups excluding carboxylic acids is 1. The molecule has 0 aliphatic rings. The standard InChI is InChI=1S/C17H16N2O2S/c1-21-16-8-4-7-15(9-16)19-17(20)12-22-11-14-6-3-2-5-13(14)10-18/h2-9H,11-12H2,1H3,(H,19,20). The van der Waals surface area contributed by atoms with Crippen molar-refractivity contribution in [3.63, 3.8) is 0 Å². The Morgan fingerprint density at radius 1 is 1.27 bits per heavy atom. The van der Waals surface area contributed by atoms with Crippen molar-refractivity contribution >= 4 is 23.4 Å². The fraction of sp³-hybridized carbons (Fsp3) is 0.176. The number of ether oxygens (including phenoxy) is 1. The lowest BCUT2D eigenvalue weighted by Gasteiger charge is -2.07. The van der Waals surface area contributed by atoms with E-state index in [0.717, 1.165) is 5.56 Å². The van der Waals surface area contributed by atoms with Crippen molar-refractivity contribution in [3.05, 3.63) is 59.7 Å². The van der Waals surface area contributed by atoms with Gasteiger partial charge in [0.2, 0.25) is 5.91 Å². The van der Waals surface area contributed by atoms with Gasteiger partial charge >= 0.3 is 0 Å². The molecule has 0 aromatic heterocycles. The minimum Gasteiger partial charge on any atom is -0.497 e. The van der Waals surface area contributed by atoms with E-state index in [4.69, 9.17) is 10.00 Å². The highest BCUT2D eigenvalue weighted by Crippen LogP contribution is 2.18. The van der Waals surface area contributed by atoms with Gasteiger partial charge in [-0.25, -0.2) is 0 Å². The number of nitriles is 1. The first-order chi connectivity index (χ1) is 10.7. The maximum Gasteiger partial charge on any atom is 0.234 e. The summed E-state index contributed by atoms with van der Waals surface area (Å²) >= 11 is 1.48. The minimum atomic E-state index is -0.0762. The molecule has 0 aliphatic heterocycles. The third-order valence-corrected chi connectivity index (χ3v) is 3.96. The van der Waals surface area contributed by atoms with Crippen molar-refractivity contribution in [1.29, 1.82) is 5.26 Å². The summed E-state index contributed by atoms with van der Waals surface area (Å²) in [4.78, 5) is 11.9. The molecule has 0 saturated heterocycles. The normalized spacial score (nSPS) is 9.82. The summed E-state index contributed by atoms with van der Waals surface area (Å²) in [5.74, 6) is 1.59. The average molecular weight is 312 g/mol. The number of anilines is 1. The van der Waals surface area contributed by atoms with Crippen LogP contribution in [0.1, 0.15) is 11.1 Å². The highest BCUT2D eigenvalue weighted by Gasteiger charge is 2.06. The van der Waals surface area contributed by atoms with Gasteiger partial charge < -0.3 is 10.1 Å². The van der Waals surface area contributed by atoms with Crippen LogP contribution in [-0.4, -0.2) is 18.8 Å². The first kappa shape index (κ1) is 15.9. The van der Waals surface area contributed by atoms with Crippen LogP contribution in [0.5, 0.6) is 5.75 Å². The summed E-state index contributed by atoms with van der Waals surface area (Å²) in [5.41, 5.74) is 2.31. The smallest absolute Gasteiger partial charge is 0.234 e. The van der Waals surface area contributed by atoms with E-state index in [1.165, 1.54) is 11.8 Å². The molecule has 0 aliphatic carbocycles. The largest absolute Gasteiger partial charge is 0.497 e. The topological polar surface area (TPSA) is 62.1 Å². The Kier molecular flexibility index (Phi) is 5.87. The van der Waals surface area contributed by atoms with Gasteiger partial charge in [0.1, 0.15) is 5.75 Å². The number of nitrogens with one attached hydrogen (secondary N) is 1. The van der Waals surface area contributed by atoms with E-state index < -0.39 is 0 Å². The molecule has 5 heteroatoms. The number of rotatable bonds is 6. The van der Waals surface area contributed by atoms with E-state index in [9.17, 15) is 4.79 Å². The molecule has 112 valence electrons. The number of hydrogen-bond donors (Lipinski definition) is 1. The van der Waals surface area contributed by atoms with Crippen LogP contribution in [0.2, 0.25) is 0 Å². The summed E-state index contributed by atoms with van der Waals surface area (Å²) in [6.07, 6.45) is 0. The zero-order valence-corrected chi connectivity index (χ0v) is 13.0. The highest BCUT2D eigenvalue weighted by molar-refractivity contribution is 7.99. The number of benzene rings is 2. The van der Waals surface area contributed by atoms with Crippen molar-refractivity contribution in [2.24, 2.45) is 0 Å². The van der Waals surface area contributed by atoms with Crippen LogP contribution < -0.4 is 10.1 Å². The van der Waals surface area contributed by atoms with Crippen molar-refractivity contribution < 1.29 is 9.53 Å². The van der Waals surface area contributed by atoms with Gasteiger partial charge in [0.05, 0.1) is 24.5 Å². The van der Waals surface area contributed by atoms with Crippen LogP contribution in [0.15, 0.2) is 48.5 Å². The van der Waals surface area contributed by atoms with Crippen LogP contribution in [0, 0.1) is 11.3 Å². The first-order valence-corrected chi connectivity index (χ1v) is 7.88. The minimum absolute atomic E-state index is 0.0762. The van der Waals surface area contributed by atoms with Crippen LogP contribution in [-0.2, 0) is 10.5 Å². The van der Waals surface area contributed by atoms with E-state index in [2.05, 4.69) is 11.4 Å². The molecule has 2 rings (SSSR count). The van der Waals surface area contributed by atoms with Gasteiger partial charge in [0.25, 0.3) is 0 Å². The molecule has 2 aromatic carbocycles. The second-order valence-corrected chi connectivity index (χ2v) is 5.53. The molecule has 0 radical (unpaired) electrons. The van der Waals surface area contributed by atoms with E-state index >= 15 is 0 Å². The second-order valence-electron chi connectivity index (χ2n) is 4.54. The van der Waals surface area contributed by atoms with Crippen LogP contribution >= 0.6 is 11.8 Å². The van der Waals surface area contributed by atoms with E-state index in [1.54, 1.807) is 19.2 Å². The predicted octanol–water partition coefficient (Wildman–Crippen LogP) is 3.44. The number of methoxy groups -OCH3 is 1. The molecule has 4 nitrogen and oxygen atoms in total. The molecule has 0 spiro atoms. The maximum absolute atomic E-state index is 11.9. The lowest BCUT2D eigenvalue weighted by molar-refractivity contribution is -0.113. The number of nitrogens with zero attached hydrogens (tertiary/aromatic N) is 1. The number of thioether (sulfide) groups is 1. The second kappa shape index (κ2) is 8.11. The van der Waals surface area contributed by atoms with Crippen molar-refractivity contribution in [3.8, 4) is 11.8 Å². The van der Waals surface area contributed by atoms with Gasteiger partial charge in [-0.15, -0.1) is 11.8 Å². The number of hydrogen-bond acceptors (Lipinski definition) is 4. The Balaban J connectivity index is 1.84. The molecule has 0 heterocycles. The van der Waals surface area contributed by atoms with Crippen molar-refractivity contribution in [2.45, 2.75) is 5.75 Å². The highest BCUT2D eigenvalue weighted by atomic mass is 32.2. The van der Waals surface area contributed by atoms with Crippen LogP contribution in [0.3, 0.4) is 0 Å². The molecule has 0 saturated carbocycles. The number of carbonyl (C=O) groups is 1. The maximum atomic E-state index is 11.9. The number of amides is 1. The average Bonchev–Trinajstić information content (AvgIpc) is 2.55. The van der Waals surface area contributed by atoms with E-state index in [1.807, 2.05) is 36.4 Å². The molecule has 0 atom stereocenters. The molecule has 0 bridgehead atoms. The van der Waals surface area contributed by atoms with Crippen molar-refractivity contribution in [1.82, 2.24) is 0 Å². The SMILES string of the molecule is COc1cccc(NC(=O)CSCc2ccccc2C#N)c1. The van der Waals surface area contributed by atoms with E-state index in [0.29, 0.717) is 28.5 Å². The summed E-state index contributed by atoms with van der Waals surface area (Å²) < 4.78 is 5.11. The first-order valence-electron chi connectivity index (χ1n) is 6.72. The Labute approximate surface area is 134 Å². The van der Waals surface area contributed by atoms with Gasteiger partial charge in [-0.05, 0) is 23.8 Å². The molecule has 2 aromatic rings. The Morgan fingerprint density at radius 2 is 2.09 bits per heavy atom. The van der Waals surface area contributed by atoms with Gasteiger partial charge in [0, 0.05) is 17.5 Å². The van der Waals surface area contributed by atoms with Crippen LogP contribution in [0.25, 0.3) is 0 Å². The fourth-order valence-corrected chi connectivity index (χ4v) is 2.74. The third-order valence-electron chi connectivity index (χ3n) is 2.98. The summed E-state index contributed by atoms with van der Waals surface area (Å²) in [6, 6.07) is 16.8. The van der Waals surface area contributed by atoms with Gasteiger partial charge in [-0.3, -0.25) is 4.79 Å². The van der Waals surface area contributed by atoms with Gasteiger partial charge in [-0.1, -0.05) is 24.3 Å². The zero-order chi connectivity index (χ0) is 15.8. The predicted molar refractivity (Wildman–Crippen MR) is 88.9 cm³/mol. The van der Waals surface area contributed by atoms with Gasteiger partial charge in [0.15, 0.2) is 0 Å². The van der Waals surface area contributed by atoms with Crippen molar-refractivity contribution in [2.75, 3.05) is 18.2 Å². The summed E-state index contributed by atoms with van der Waals surface area (Å²) in [6.45, 7) is 0. The zero-order valence-electron chi connectivity index (χ0n) is 12.2. The lowest BCUT2D eigenvalue weighted by Crippen LogP contribution is -2.14. The van der Waals surface area contributed by atoms with Gasteiger partial charge in [-0.2, -0.15) is 5.26 Å². The third kappa shape index (κ3) is 4.54. The molecule has 1 amide bonds. The molecule has 0 fully saturated rings. The molecular formula is C17H16N2O2S. The monoisotopic (exact) mass is 312 g/mol. The fourth-order valence-electron chi connectivity index (χ4n) is 1.91. The molecule has 1 N–H and O–H groups in total. The quantitative estimate of drug-likeness (QED) is 0.887. The Hall–Kier alpha value is -2.45. The molecule has 22 heavy (non-hydrogen) atoms. The Morgan fingerprint density at radius 3 is 2.86 bits per heavy atom.